The fourth-order valence-corrected chi connectivity index (χ4v) is 1.76. The van der Waals surface area contributed by atoms with E-state index in [0.29, 0.717) is 11.3 Å². The second-order valence-electron chi connectivity index (χ2n) is 4.13. The predicted molar refractivity (Wildman–Crippen MR) is 86.3 cm³/mol. The molecular formula is C15H15N3O2S. The molecule has 0 bridgehead atoms. The summed E-state index contributed by atoms with van der Waals surface area (Å²) in [5.41, 5.74) is 6.95. The van der Waals surface area contributed by atoms with Gasteiger partial charge >= 0.3 is 0 Å². The molecule has 3 N–H and O–H groups in total. The molecule has 0 saturated carbocycles. The van der Waals surface area contributed by atoms with Crippen LogP contribution < -0.4 is 20.9 Å². The Kier molecular flexibility index (Phi) is 5.11. The van der Waals surface area contributed by atoms with Crippen LogP contribution in [0.5, 0.6) is 5.75 Å². The third kappa shape index (κ3) is 4.47. The molecule has 0 saturated heterocycles. The van der Waals surface area contributed by atoms with Gasteiger partial charge in [0.1, 0.15) is 5.75 Å². The van der Waals surface area contributed by atoms with E-state index >= 15 is 0 Å². The van der Waals surface area contributed by atoms with Gasteiger partial charge < -0.3 is 4.74 Å². The van der Waals surface area contributed by atoms with Crippen LogP contribution in [-0.2, 0) is 0 Å². The number of amides is 1. The van der Waals surface area contributed by atoms with E-state index in [1.165, 1.54) is 0 Å². The van der Waals surface area contributed by atoms with Crippen LogP contribution in [0.4, 0.5) is 5.69 Å². The second-order valence-corrected chi connectivity index (χ2v) is 4.54. The number of carbonyl (C=O) groups excluding carboxylic acids is 1. The van der Waals surface area contributed by atoms with Crippen molar-refractivity contribution in [2.75, 3.05) is 12.5 Å². The molecule has 0 aliphatic carbocycles. The van der Waals surface area contributed by atoms with Crippen LogP contribution in [0.1, 0.15) is 10.4 Å². The third-order valence-electron chi connectivity index (χ3n) is 2.65. The van der Waals surface area contributed by atoms with E-state index in [1.54, 1.807) is 31.4 Å². The normalized spacial score (nSPS) is 9.57. The zero-order chi connectivity index (χ0) is 15.1. The SMILES string of the molecule is COc1cccc(C(=O)NC(=S)NNc2ccccc2)c1. The van der Waals surface area contributed by atoms with Gasteiger partial charge in [0.2, 0.25) is 0 Å². The Labute approximate surface area is 128 Å². The summed E-state index contributed by atoms with van der Waals surface area (Å²) in [6, 6.07) is 16.3. The van der Waals surface area contributed by atoms with Gasteiger partial charge in [0.05, 0.1) is 12.8 Å². The number of hydrazine groups is 1. The molecule has 0 atom stereocenters. The molecule has 1 amide bonds. The number of benzene rings is 2. The lowest BCUT2D eigenvalue weighted by Gasteiger charge is -2.11. The number of hydrogen-bond donors (Lipinski definition) is 3. The minimum Gasteiger partial charge on any atom is -0.497 e. The Morgan fingerprint density at radius 1 is 1.10 bits per heavy atom. The molecule has 2 aromatic carbocycles. The van der Waals surface area contributed by atoms with Gasteiger partial charge in [0.15, 0.2) is 5.11 Å². The number of carbonyl (C=O) groups is 1. The first-order chi connectivity index (χ1) is 10.2. The number of anilines is 1. The highest BCUT2D eigenvalue weighted by atomic mass is 32.1. The minimum atomic E-state index is -0.304. The molecule has 0 aliphatic heterocycles. The molecule has 108 valence electrons. The summed E-state index contributed by atoms with van der Waals surface area (Å²) in [4.78, 5) is 12.0. The van der Waals surface area contributed by atoms with Crippen molar-refractivity contribution >= 4 is 28.9 Å². The van der Waals surface area contributed by atoms with E-state index in [4.69, 9.17) is 17.0 Å². The molecule has 0 heterocycles. The van der Waals surface area contributed by atoms with E-state index in [0.717, 1.165) is 5.69 Å². The molecule has 6 heteroatoms. The van der Waals surface area contributed by atoms with Crippen LogP contribution in [-0.4, -0.2) is 18.1 Å². The highest BCUT2D eigenvalue weighted by Crippen LogP contribution is 2.12. The first kappa shape index (κ1) is 14.8. The number of methoxy groups -OCH3 is 1. The van der Waals surface area contributed by atoms with Crippen LogP contribution in [0.25, 0.3) is 0 Å². The molecule has 0 aliphatic rings. The second kappa shape index (κ2) is 7.25. The number of rotatable bonds is 4. The molecular weight excluding hydrogens is 286 g/mol. The number of nitrogens with one attached hydrogen (secondary N) is 3. The van der Waals surface area contributed by atoms with Gasteiger partial charge in [-0.2, -0.15) is 0 Å². The van der Waals surface area contributed by atoms with Crippen LogP contribution in [0.2, 0.25) is 0 Å². The molecule has 2 rings (SSSR count). The molecule has 0 spiro atoms. The molecule has 0 unspecified atom stereocenters. The van der Waals surface area contributed by atoms with Crippen LogP contribution in [0.3, 0.4) is 0 Å². The Bertz CT molecular complexity index is 632. The fourth-order valence-electron chi connectivity index (χ4n) is 1.62. The summed E-state index contributed by atoms with van der Waals surface area (Å²) in [6.07, 6.45) is 0. The van der Waals surface area contributed by atoms with Crippen molar-refractivity contribution in [3.8, 4) is 5.75 Å². The average Bonchev–Trinajstić information content (AvgIpc) is 2.54. The maximum atomic E-state index is 12.0. The van der Waals surface area contributed by atoms with Gasteiger partial charge in [-0.15, -0.1) is 0 Å². The van der Waals surface area contributed by atoms with Crippen molar-refractivity contribution in [3.63, 3.8) is 0 Å². The Balaban J connectivity index is 1.88. The van der Waals surface area contributed by atoms with Crippen molar-refractivity contribution in [1.82, 2.24) is 10.7 Å². The zero-order valence-electron chi connectivity index (χ0n) is 11.4. The first-order valence-corrected chi connectivity index (χ1v) is 6.66. The van der Waals surface area contributed by atoms with Crippen LogP contribution >= 0.6 is 12.2 Å². The third-order valence-corrected chi connectivity index (χ3v) is 2.86. The lowest BCUT2D eigenvalue weighted by Crippen LogP contribution is -2.41. The molecule has 2 aromatic rings. The van der Waals surface area contributed by atoms with Crippen LogP contribution in [0.15, 0.2) is 54.6 Å². The van der Waals surface area contributed by atoms with Gasteiger partial charge in [0.25, 0.3) is 5.91 Å². The topological polar surface area (TPSA) is 62.4 Å². The highest BCUT2D eigenvalue weighted by molar-refractivity contribution is 7.80. The van der Waals surface area contributed by atoms with Gasteiger partial charge in [-0.05, 0) is 42.5 Å². The molecule has 0 fully saturated rings. The fraction of sp³-hybridized carbons (Fsp3) is 0.0667. The molecule has 0 aromatic heterocycles. The summed E-state index contributed by atoms with van der Waals surface area (Å²) in [6.45, 7) is 0. The summed E-state index contributed by atoms with van der Waals surface area (Å²) >= 11 is 5.05. The predicted octanol–water partition coefficient (Wildman–Crippen LogP) is 2.33. The number of hydrogen-bond acceptors (Lipinski definition) is 4. The Morgan fingerprint density at radius 3 is 2.57 bits per heavy atom. The lowest BCUT2D eigenvalue weighted by atomic mass is 10.2. The molecule has 0 radical (unpaired) electrons. The number of thiocarbonyl (C=S) groups is 1. The van der Waals surface area contributed by atoms with Crippen molar-refractivity contribution in [1.29, 1.82) is 0 Å². The summed E-state index contributed by atoms with van der Waals surface area (Å²) in [7, 11) is 1.55. The maximum absolute atomic E-state index is 12.0. The molecule has 21 heavy (non-hydrogen) atoms. The van der Waals surface area contributed by atoms with E-state index in [-0.39, 0.29) is 11.0 Å². The van der Waals surface area contributed by atoms with E-state index in [9.17, 15) is 4.79 Å². The standard InChI is InChI=1S/C15H15N3O2S/c1-20-13-9-5-6-11(10-13)14(19)16-15(21)18-17-12-7-3-2-4-8-12/h2-10,17H,1H3,(H2,16,18,19,21). The molecule has 5 nitrogen and oxygen atoms in total. The quantitative estimate of drug-likeness (QED) is 0.597. The van der Waals surface area contributed by atoms with Crippen molar-refractivity contribution in [3.05, 3.63) is 60.2 Å². The number of ether oxygens (including phenoxy) is 1. The summed E-state index contributed by atoms with van der Waals surface area (Å²) in [5.74, 6) is 0.310. The van der Waals surface area contributed by atoms with Crippen molar-refractivity contribution < 1.29 is 9.53 Å². The zero-order valence-corrected chi connectivity index (χ0v) is 12.2. The van der Waals surface area contributed by atoms with E-state index < -0.39 is 0 Å². The summed E-state index contributed by atoms with van der Waals surface area (Å²) in [5, 5.41) is 2.77. The summed E-state index contributed by atoms with van der Waals surface area (Å²) < 4.78 is 5.07. The van der Waals surface area contributed by atoms with E-state index in [2.05, 4.69) is 16.2 Å². The minimum absolute atomic E-state index is 0.187. The van der Waals surface area contributed by atoms with Gasteiger partial charge in [0, 0.05) is 5.56 Å². The van der Waals surface area contributed by atoms with E-state index in [1.807, 2.05) is 30.3 Å². The van der Waals surface area contributed by atoms with Crippen molar-refractivity contribution in [2.45, 2.75) is 0 Å². The van der Waals surface area contributed by atoms with Gasteiger partial charge in [-0.25, -0.2) is 0 Å². The Hall–Kier alpha value is -2.60. The smallest absolute Gasteiger partial charge is 0.257 e. The monoisotopic (exact) mass is 301 g/mol. The largest absolute Gasteiger partial charge is 0.497 e. The van der Waals surface area contributed by atoms with Crippen LogP contribution in [0, 0.1) is 0 Å². The van der Waals surface area contributed by atoms with Gasteiger partial charge in [-0.1, -0.05) is 24.3 Å². The average molecular weight is 301 g/mol. The van der Waals surface area contributed by atoms with Crippen molar-refractivity contribution in [2.24, 2.45) is 0 Å². The lowest BCUT2D eigenvalue weighted by molar-refractivity contribution is 0.0976. The van der Waals surface area contributed by atoms with Gasteiger partial charge in [-0.3, -0.25) is 21.0 Å². The maximum Gasteiger partial charge on any atom is 0.257 e. The highest BCUT2D eigenvalue weighted by Gasteiger charge is 2.08. The Morgan fingerprint density at radius 2 is 1.86 bits per heavy atom. The number of para-hydroxylation sites is 1. The first-order valence-electron chi connectivity index (χ1n) is 6.25.